The van der Waals surface area contributed by atoms with Gasteiger partial charge in [0.2, 0.25) is 5.82 Å². The molecule has 0 spiro atoms. The van der Waals surface area contributed by atoms with E-state index in [-0.39, 0.29) is 0 Å². The van der Waals surface area contributed by atoms with Gasteiger partial charge in [-0.05, 0) is 42.5 Å². The lowest BCUT2D eigenvalue weighted by Crippen LogP contribution is -1.93. The second-order valence-electron chi connectivity index (χ2n) is 6.52. The molecule has 4 nitrogen and oxygen atoms in total. The summed E-state index contributed by atoms with van der Waals surface area (Å²) in [5, 5.41) is 13.6. The molecule has 3 aromatic rings. The third kappa shape index (κ3) is 3.71. The molecule has 0 fully saturated rings. The second kappa shape index (κ2) is 6.97. The Morgan fingerprint density at radius 1 is 0.917 bits per heavy atom. The van der Waals surface area contributed by atoms with Crippen molar-refractivity contribution >= 4 is 0 Å². The molecule has 0 bridgehead atoms. The zero-order chi connectivity index (χ0) is 17.1. The van der Waals surface area contributed by atoms with E-state index in [1.54, 1.807) is 6.92 Å². The highest BCUT2D eigenvalue weighted by atomic mass is 16.5. The molecule has 1 heterocycles. The highest BCUT2D eigenvalue weighted by molar-refractivity contribution is 5.60. The number of hydrogen-bond acceptors (Lipinski definition) is 4. The molecule has 0 radical (unpaired) electrons. The van der Waals surface area contributed by atoms with Crippen molar-refractivity contribution in [1.82, 2.24) is 10.1 Å². The summed E-state index contributed by atoms with van der Waals surface area (Å²) in [7, 11) is 0. The smallest absolute Gasteiger partial charge is 0.258 e. The fourth-order valence-electron chi connectivity index (χ4n) is 2.62. The molecule has 0 saturated heterocycles. The number of aliphatic hydroxyl groups is 1. The molecule has 0 aliphatic rings. The zero-order valence-electron chi connectivity index (χ0n) is 14.2. The summed E-state index contributed by atoms with van der Waals surface area (Å²) < 4.78 is 5.39. The highest BCUT2D eigenvalue weighted by Gasteiger charge is 2.11. The predicted molar refractivity (Wildman–Crippen MR) is 94.3 cm³/mol. The van der Waals surface area contributed by atoms with Crippen molar-refractivity contribution in [3.63, 3.8) is 0 Å². The van der Waals surface area contributed by atoms with E-state index in [0.29, 0.717) is 17.6 Å². The normalized spacial score (nSPS) is 12.5. The fourth-order valence-corrected chi connectivity index (χ4v) is 2.62. The Morgan fingerprint density at radius 3 is 2.12 bits per heavy atom. The van der Waals surface area contributed by atoms with E-state index in [9.17, 15) is 5.11 Å². The molecule has 2 aromatic carbocycles. The average molecular weight is 322 g/mol. The van der Waals surface area contributed by atoms with E-state index < -0.39 is 6.10 Å². The Kier molecular flexibility index (Phi) is 4.76. The van der Waals surface area contributed by atoms with Crippen molar-refractivity contribution in [2.24, 2.45) is 5.92 Å². The van der Waals surface area contributed by atoms with Crippen LogP contribution in [0.5, 0.6) is 0 Å². The number of aliphatic hydroxyl groups excluding tert-OH is 1. The topological polar surface area (TPSA) is 59.2 Å². The van der Waals surface area contributed by atoms with Gasteiger partial charge in [-0.2, -0.15) is 4.98 Å². The first-order valence-corrected chi connectivity index (χ1v) is 8.24. The number of aromatic nitrogens is 2. The van der Waals surface area contributed by atoms with E-state index in [1.807, 2.05) is 36.4 Å². The van der Waals surface area contributed by atoms with E-state index in [1.165, 1.54) is 5.56 Å². The summed E-state index contributed by atoms with van der Waals surface area (Å²) in [4.78, 5) is 4.48. The summed E-state index contributed by atoms with van der Waals surface area (Å²) in [5.74, 6) is 1.70. The minimum Gasteiger partial charge on any atom is -0.389 e. The molecule has 0 amide bonds. The van der Waals surface area contributed by atoms with Gasteiger partial charge in [-0.1, -0.05) is 55.4 Å². The van der Waals surface area contributed by atoms with Crippen LogP contribution in [-0.4, -0.2) is 15.2 Å². The lowest BCUT2D eigenvalue weighted by Gasteiger charge is -2.04. The van der Waals surface area contributed by atoms with Crippen LogP contribution in [0, 0.1) is 5.92 Å². The SMILES string of the molecule is CC(C)Cc1ccc(-c2nc(-c3ccc(C(C)O)cc3)no2)cc1. The minimum absolute atomic E-state index is 0.482. The maximum Gasteiger partial charge on any atom is 0.258 e. The number of hydrogen-bond donors (Lipinski definition) is 1. The van der Waals surface area contributed by atoms with Crippen molar-refractivity contribution in [2.45, 2.75) is 33.3 Å². The van der Waals surface area contributed by atoms with Gasteiger partial charge >= 0.3 is 0 Å². The van der Waals surface area contributed by atoms with E-state index in [0.717, 1.165) is 23.1 Å². The van der Waals surface area contributed by atoms with Crippen LogP contribution in [0.2, 0.25) is 0 Å². The van der Waals surface area contributed by atoms with Gasteiger partial charge < -0.3 is 9.63 Å². The molecule has 1 N–H and O–H groups in total. The third-order valence-corrected chi connectivity index (χ3v) is 3.92. The van der Waals surface area contributed by atoms with Crippen molar-refractivity contribution in [3.8, 4) is 22.8 Å². The van der Waals surface area contributed by atoms with Crippen molar-refractivity contribution in [2.75, 3.05) is 0 Å². The predicted octanol–water partition coefficient (Wildman–Crippen LogP) is 4.66. The number of benzene rings is 2. The molecule has 1 aromatic heterocycles. The first-order valence-electron chi connectivity index (χ1n) is 8.24. The highest BCUT2D eigenvalue weighted by Crippen LogP contribution is 2.24. The first kappa shape index (κ1) is 16.4. The van der Waals surface area contributed by atoms with Crippen LogP contribution >= 0.6 is 0 Å². The summed E-state index contributed by atoms with van der Waals surface area (Å²) in [6, 6.07) is 15.8. The first-order chi connectivity index (χ1) is 11.5. The summed E-state index contributed by atoms with van der Waals surface area (Å²) >= 11 is 0. The molecule has 1 unspecified atom stereocenters. The number of rotatable bonds is 5. The Labute approximate surface area is 142 Å². The van der Waals surface area contributed by atoms with Crippen LogP contribution in [0.25, 0.3) is 22.8 Å². The monoisotopic (exact) mass is 322 g/mol. The van der Waals surface area contributed by atoms with Gasteiger partial charge in [-0.15, -0.1) is 0 Å². The van der Waals surface area contributed by atoms with Crippen molar-refractivity contribution in [3.05, 3.63) is 59.7 Å². The lowest BCUT2D eigenvalue weighted by atomic mass is 10.0. The van der Waals surface area contributed by atoms with Gasteiger partial charge in [0.05, 0.1) is 6.10 Å². The average Bonchev–Trinajstić information content (AvgIpc) is 3.05. The molecular weight excluding hydrogens is 300 g/mol. The van der Waals surface area contributed by atoms with E-state index in [2.05, 4.69) is 36.1 Å². The van der Waals surface area contributed by atoms with Crippen LogP contribution < -0.4 is 0 Å². The van der Waals surface area contributed by atoms with Gasteiger partial charge in [0.15, 0.2) is 0 Å². The van der Waals surface area contributed by atoms with Crippen molar-refractivity contribution in [1.29, 1.82) is 0 Å². The fraction of sp³-hybridized carbons (Fsp3) is 0.300. The Balaban J connectivity index is 1.80. The molecular formula is C20H22N2O2. The number of nitrogens with zero attached hydrogens (tertiary/aromatic N) is 2. The summed E-state index contributed by atoms with van der Waals surface area (Å²) in [6.45, 7) is 6.16. The largest absolute Gasteiger partial charge is 0.389 e. The summed E-state index contributed by atoms with van der Waals surface area (Å²) in [6.07, 6.45) is 0.578. The van der Waals surface area contributed by atoms with Gasteiger partial charge in [-0.25, -0.2) is 0 Å². The Bertz CT molecular complexity index is 787. The van der Waals surface area contributed by atoms with E-state index >= 15 is 0 Å². The third-order valence-electron chi connectivity index (χ3n) is 3.92. The zero-order valence-corrected chi connectivity index (χ0v) is 14.2. The van der Waals surface area contributed by atoms with Gasteiger partial charge in [-0.3, -0.25) is 0 Å². The molecule has 124 valence electrons. The minimum atomic E-state index is -0.482. The standard InChI is InChI=1S/C20H22N2O2/c1-13(2)12-15-4-6-18(7-5-15)20-21-19(22-24-20)17-10-8-16(9-11-17)14(3)23/h4-11,13-14,23H,12H2,1-3H3. The van der Waals surface area contributed by atoms with Gasteiger partial charge in [0, 0.05) is 11.1 Å². The summed E-state index contributed by atoms with van der Waals surface area (Å²) in [5.41, 5.74) is 3.96. The molecule has 0 saturated carbocycles. The molecule has 0 aliphatic heterocycles. The lowest BCUT2D eigenvalue weighted by molar-refractivity contribution is 0.199. The molecule has 3 rings (SSSR count). The quantitative estimate of drug-likeness (QED) is 0.742. The Hall–Kier alpha value is -2.46. The van der Waals surface area contributed by atoms with E-state index in [4.69, 9.17) is 4.52 Å². The maximum absolute atomic E-state index is 9.57. The Morgan fingerprint density at radius 2 is 1.54 bits per heavy atom. The van der Waals surface area contributed by atoms with Crippen LogP contribution in [0.3, 0.4) is 0 Å². The van der Waals surface area contributed by atoms with Crippen molar-refractivity contribution < 1.29 is 9.63 Å². The second-order valence-corrected chi connectivity index (χ2v) is 6.52. The van der Waals surface area contributed by atoms with Crippen LogP contribution in [-0.2, 0) is 6.42 Å². The molecule has 0 aliphatic carbocycles. The maximum atomic E-state index is 9.57. The molecule has 24 heavy (non-hydrogen) atoms. The molecule has 1 atom stereocenters. The van der Waals surface area contributed by atoms with Crippen LogP contribution in [0.1, 0.15) is 38.0 Å². The van der Waals surface area contributed by atoms with Gasteiger partial charge in [0.25, 0.3) is 5.89 Å². The van der Waals surface area contributed by atoms with Gasteiger partial charge in [0.1, 0.15) is 0 Å². The van der Waals surface area contributed by atoms with Crippen LogP contribution in [0.4, 0.5) is 0 Å². The van der Waals surface area contributed by atoms with Crippen LogP contribution in [0.15, 0.2) is 53.1 Å². The molecule has 4 heteroatoms.